The summed E-state index contributed by atoms with van der Waals surface area (Å²) in [5.41, 5.74) is 8.62. The lowest BCUT2D eigenvalue weighted by molar-refractivity contribution is 0.600. The Labute approximate surface area is 118 Å². The zero-order valence-corrected chi connectivity index (χ0v) is 11.6. The van der Waals surface area contributed by atoms with E-state index < -0.39 is 6.04 Å². The second-order valence-corrected chi connectivity index (χ2v) is 5.02. The van der Waals surface area contributed by atoms with E-state index in [1.165, 1.54) is 11.6 Å². The molecule has 0 radical (unpaired) electrons. The summed E-state index contributed by atoms with van der Waals surface area (Å²) in [7, 11) is 0. The van der Waals surface area contributed by atoms with Crippen LogP contribution in [0.15, 0.2) is 42.5 Å². The van der Waals surface area contributed by atoms with Gasteiger partial charge in [-0.25, -0.2) is 4.39 Å². The highest BCUT2D eigenvalue weighted by Gasteiger charge is 2.17. The molecule has 0 aromatic heterocycles. The molecule has 3 heteroatoms. The van der Waals surface area contributed by atoms with E-state index in [-0.39, 0.29) is 5.82 Å². The molecule has 2 aromatic rings. The Kier molecular flexibility index (Phi) is 4.56. The molecule has 0 spiro atoms. The summed E-state index contributed by atoms with van der Waals surface area (Å²) >= 11 is 6.06. The smallest absolute Gasteiger partial charge is 0.129 e. The fourth-order valence-electron chi connectivity index (χ4n) is 2.21. The predicted octanol–water partition coefficient (Wildman–Crippen LogP) is 4.48. The second kappa shape index (κ2) is 6.18. The highest BCUT2D eigenvalue weighted by molar-refractivity contribution is 6.31. The van der Waals surface area contributed by atoms with Gasteiger partial charge in [-0.3, -0.25) is 0 Å². The average Bonchev–Trinajstić information content (AvgIpc) is 2.39. The number of benzene rings is 2. The Hall–Kier alpha value is -1.38. The highest BCUT2D eigenvalue weighted by atomic mass is 35.5. The molecular formula is C16H17ClFN. The number of rotatable bonds is 4. The van der Waals surface area contributed by atoms with Crippen LogP contribution in [0, 0.1) is 5.82 Å². The van der Waals surface area contributed by atoms with Crippen molar-refractivity contribution in [1.29, 1.82) is 0 Å². The van der Waals surface area contributed by atoms with Gasteiger partial charge in [0.15, 0.2) is 0 Å². The zero-order chi connectivity index (χ0) is 13.8. The fraction of sp³-hybridized carbons (Fsp3) is 0.250. The van der Waals surface area contributed by atoms with Crippen molar-refractivity contribution in [2.45, 2.75) is 25.8 Å². The fourth-order valence-corrected chi connectivity index (χ4v) is 2.49. The van der Waals surface area contributed by atoms with Crippen molar-refractivity contribution in [3.63, 3.8) is 0 Å². The van der Waals surface area contributed by atoms with Gasteiger partial charge in [-0.1, -0.05) is 55.3 Å². The quantitative estimate of drug-likeness (QED) is 0.876. The van der Waals surface area contributed by atoms with Crippen LogP contribution in [0.3, 0.4) is 0 Å². The van der Waals surface area contributed by atoms with Gasteiger partial charge in [-0.2, -0.15) is 0 Å². The summed E-state index contributed by atoms with van der Waals surface area (Å²) in [6.07, 6.45) is 2.06. The summed E-state index contributed by atoms with van der Waals surface area (Å²) in [6, 6.07) is 12.0. The van der Waals surface area contributed by atoms with Crippen molar-refractivity contribution in [3.8, 4) is 0 Å². The van der Waals surface area contributed by atoms with Crippen molar-refractivity contribution < 1.29 is 4.39 Å². The summed E-state index contributed by atoms with van der Waals surface area (Å²) in [6.45, 7) is 2.13. The van der Waals surface area contributed by atoms with Gasteiger partial charge < -0.3 is 5.73 Å². The number of hydrogen-bond acceptors (Lipinski definition) is 1. The molecule has 0 heterocycles. The maximum atomic E-state index is 13.9. The van der Waals surface area contributed by atoms with E-state index in [0.29, 0.717) is 10.6 Å². The molecule has 0 aliphatic heterocycles. The Morgan fingerprint density at radius 2 is 1.95 bits per heavy atom. The van der Waals surface area contributed by atoms with Crippen LogP contribution < -0.4 is 5.73 Å². The molecule has 100 valence electrons. The summed E-state index contributed by atoms with van der Waals surface area (Å²) in [5, 5.41) is 0.369. The molecular weight excluding hydrogens is 261 g/mol. The van der Waals surface area contributed by atoms with Crippen LogP contribution in [0.25, 0.3) is 0 Å². The maximum absolute atomic E-state index is 13.9. The molecule has 0 fully saturated rings. The highest BCUT2D eigenvalue weighted by Crippen LogP contribution is 2.29. The standard InChI is InChI=1S/C16H17ClFN/c1-2-5-11-6-3-7-12(10-11)16(19)15-13(17)8-4-9-14(15)18/h3-4,6-10,16H,2,5,19H2,1H3. The normalized spacial score (nSPS) is 12.4. The number of halogens is 2. The van der Waals surface area contributed by atoms with Crippen LogP contribution in [0.5, 0.6) is 0 Å². The SMILES string of the molecule is CCCc1cccc(C(N)c2c(F)cccc2Cl)c1. The van der Waals surface area contributed by atoms with E-state index in [1.54, 1.807) is 12.1 Å². The van der Waals surface area contributed by atoms with Crippen LogP contribution in [0.2, 0.25) is 5.02 Å². The number of aryl methyl sites for hydroxylation is 1. The Morgan fingerprint density at radius 1 is 1.21 bits per heavy atom. The summed E-state index contributed by atoms with van der Waals surface area (Å²) < 4.78 is 13.9. The van der Waals surface area contributed by atoms with E-state index >= 15 is 0 Å². The van der Waals surface area contributed by atoms with Gasteiger partial charge >= 0.3 is 0 Å². The lowest BCUT2D eigenvalue weighted by atomic mass is 9.96. The second-order valence-electron chi connectivity index (χ2n) is 4.61. The Morgan fingerprint density at radius 3 is 2.63 bits per heavy atom. The first-order valence-electron chi connectivity index (χ1n) is 6.41. The molecule has 0 aliphatic rings. The minimum atomic E-state index is -0.537. The topological polar surface area (TPSA) is 26.0 Å². The van der Waals surface area contributed by atoms with Gasteiger partial charge in [-0.05, 0) is 29.7 Å². The minimum Gasteiger partial charge on any atom is -0.320 e. The van der Waals surface area contributed by atoms with Gasteiger partial charge in [0.25, 0.3) is 0 Å². The predicted molar refractivity (Wildman–Crippen MR) is 77.9 cm³/mol. The lowest BCUT2D eigenvalue weighted by Gasteiger charge is -2.16. The van der Waals surface area contributed by atoms with Crippen molar-refractivity contribution in [3.05, 3.63) is 70.0 Å². The first kappa shape index (κ1) is 14.0. The average molecular weight is 278 g/mol. The molecule has 0 amide bonds. The third kappa shape index (κ3) is 3.14. The number of nitrogens with two attached hydrogens (primary N) is 1. The molecule has 2 N–H and O–H groups in total. The van der Waals surface area contributed by atoms with Gasteiger partial charge in [0, 0.05) is 10.6 Å². The van der Waals surface area contributed by atoms with Crippen LogP contribution in [0.1, 0.15) is 36.1 Å². The first-order valence-corrected chi connectivity index (χ1v) is 6.79. The summed E-state index contributed by atoms with van der Waals surface area (Å²) in [4.78, 5) is 0. The lowest BCUT2D eigenvalue weighted by Crippen LogP contribution is -2.14. The maximum Gasteiger partial charge on any atom is 0.129 e. The molecule has 1 atom stereocenters. The Balaban J connectivity index is 2.38. The molecule has 19 heavy (non-hydrogen) atoms. The molecule has 2 rings (SSSR count). The molecule has 2 aromatic carbocycles. The van der Waals surface area contributed by atoms with E-state index in [2.05, 4.69) is 13.0 Å². The van der Waals surface area contributed by atoms with E-state index in [1.807, 2.05) is 18.2 Å². The Bertz CT molecular complexity index is 548. The van der Waals surface area contributed by atoms with Gasteiger partial charge in [0.05, 0.1) is 6.04 Å². The molecule has 0 saturated carbocycles. The molecule has 0 aliphatic carbocycles. The van der Waals surface area contributed by atoms with Crippen LogP contribution in [-0.4, -0.2) is 0 Å². The van der Waals surface area contributed by atoms with Crippen LogP contribution in [0.4, 0.5) is 4.39 Å². The first-order chi connectivity index (χ1) is 9.13. The van der Waals surface area contributed by atoms with Gasteiger partial charge in [0.2, 0.25) is 0 Å². The zero-order valence-electron chi connectivity index (χ0n) is 10.9. The van der Waals surface area contributed by atoms with Crippen molar-refractivity contribution in [2.24, 2.45) is 5.73 Å². The third-order valence-corrected chi connectivity index (χ3v) is 3.49. The van der Waals surface area contributed by atoms with E-state index in [4.69, 9.17) is 17.3 Å². The molecule has 0 saturated heterocycles. The molecule has 0 bridgehead atoms. The van der Waals surface area contributed by atoms with E-state index in [0.717, 1.165) is 18.4 Å². The molecule has 1 unspecified atom stereocenters. The minimum absolute atomic E-state index is 0.359. The van der Waals surface area contributed by atoms with Crippen LogP contribution >= 0.6 is 11.6 Å². The third-order valence-electron chi connectivity index (χ3n) is 3.16. The number of hydrogen-bond donors (Lipinski definition) is 1. The molecule has 1 nitrogen and oxygen atoms in total. The van der Waals surface area contributed by atoms with Crippen molar-refractivity contribution >= 4 is 11.6 Å². The largest absolute Gasteiger partial charge is 0.320 e. The summed E-state index contributed by atoms with van der Waals surface area (Å²) in [5.74, 6) is -0.360. The van der Waals surface area contributed by atoms with Crippen molar-refractivity contribution in [1.82, 2.24) is 0 Å². The van der Waals surface area contributed by atoms with Gasteiger partial charge in [-0.15, -0.1) is 0 Å². The monoisotopic (exact) mass is 277 g/mol. The van der Waals surface area contributed by atoms with Gasteiger partial charge in [0.1, 0.15) is 5.82 Å². The van der Waals surface area contributed by atoms with E-state index in [9.17, 15) is 4.39 Å². The van der Waals surface area contributed by atoms with Crippen molar-refractivity contribution in [2.75, 3.05) is 0 Å². The van der Waals surface area contributed by atoms with Crippen LogP contribution in [-0.2, 0) is 6.42 Å².